The quantitative estimate of drug-likeness (QED) is 0.213. The molecule has 0 spiro atoms. The molecule has 1 heterocycles. The summed E-state index contributed by atoms with van der Waals surface area (Å²) in [6.07, 6.45) is 2.11. The van der Waals surface area contributed by atoms with Crippen LogP contribution in [0.15, 0.2) is 115 Å². The second kappa shape index (κ2) is 10.2. The molecule has 0 bridgehead atoms. The third-order valence-electron chi connectivity index (χ3n) is 7.35. The monoisotopic (exact) mass is 499 g/mol. The summed E-state index contributed by atoms with van der Waals surface area (Å²) in [5, 5.41) is 2.22. The van der Waals surface area contributed by atoms with Crippen molar-refractivity contribution in [1.29, 1.82) is 0 Å². The molecule has 0 aliphatic heterocycles. The van der Waals surface area contributed by atoms with Crippen molar-refractivity contribution in [3.63, 3.8) is 0 Å². The van der Waals surface area contributed by atoms with Gasteiger partial charge >= 0.3 is 0 Å². The maximum atomic E-state index is 13.5. The van der Waals surface area contributed by atoms with Gasteiger partial charge in [-0.05, 0) is 83.8 Å². The average Bonchev–Trinajstić information content (AvgIpc) is 3.29. The number of aryl methyl sites for hydroxylation is 1. The normalized spacial score (nSPS) is 12.2. The maximum absolute atomic E-state index is 13.5. The number of fused-ring (bicyclic) bond motifs is 3. The van der Waals surface area contributed by atoms with E-state index in [9.17, 15) is 4.39 Å². The van der Waals surface area contributed by atoms with E-state index in [0.29, 0.717) is 11.7 Å². The minimum Gasteiger partial charge on any atom is -0.457 e. The van der Waals surface area contributed by atoms with E-state index >= 15 is 0 Å². The van der Waals surface area contributed by atoms with Gasteiger partial charge in [-0.1, -0.05) is 74.9 Å². The third-order valence-corrected chi connectivity index (χ3v) is 7.35. The molecular formula is C35H30FNO. The first-order valence-corrected chi connectivity index (χ1v) is 13.3. The Morgan fingerprint density at radius 2 is 1.47 bits per heavy atom. The Hall–Kier alpha value is -4.37. The number of benzene rings is 5. The van der Waals surface area contributed by atoms with Crippen molar-refractivity contribution >= 4 is 21.8 Å². The maximum Gasteiger partial charge on any atom is 0.137 e. The molecule has 5 aromatic carbocycles. The lowest BCUT2D eigenvalue weighted by atomic mass is 9.93. The van der Waals surface area contributed by atoms with Crippen LogP contribution < -0.4 is 4.74 Å². The van der Waals surface area contributed by atoms with Crippen LogP contribution in [-0.2, 0) is 6.42 Å². The molecule has 0 radical (unpaired) electrons. The molecule has 0 N–H and O–H groups in total. The van der Waals surface area contributed by atoms with E-state index in [1.807, 2.05) is 12.1 Å². The van der Waals surface area contributed by atoms with Crippen molar-refractivity contribution in [2.24, 2.45) is 0 Å². The van der Waals surface area contributed by atoms with Crippen LogP contribution in [0.3, 0.4) is 0 Å². The van der Waals surface area contributed by atoms with E-state index < -0.39 is 0 Å². The second-order valence-corrected chi connectivity index (χ2v) is 9.87. The molecular weight excluding hydrogens is 469 g/mol. The zero-order chi connectivity index (χ0) is 26.1. The summed E-state index contributed by atoms with van der Waals surface area (Å²) in [5.74, 6) is 1.42. The first-order chi connectivity index (χ1) is 18.6. The van der Waals surface area contributed by atoms with Crippen LogP contribution in [0.1, 0.15) is 42.9 Å². The van der Waals surface area contributed by atoms with Crippen LogP contribution in [0.25, 0.3) is 27.5 Å². The molecule has 6 aromatic rings. The summed E-state index contributed by atoms with van der Waals surface area (Å²) < 4.78 is 22.1. The predicted octanol–water partition coefficient (Wildman–Crippen LogP) is 9.82. The summed E-state index contributed by atoms with van der Waals surface area (Å²) in [7, 11) is 0. The largest absolute Gasteiger partial charge is 0.457 e. The van der Waals surface area contributed by atoms with Crippen molar-refractivity contribution in [2.45, 2.75) is 32.6 Å². The Balaban J connectivity index is 1.49. The van der Waals surface area contributed by atoms with Crippen LogP contribution in [0.5, 0.6) is 11.5 Å². The lowest BCUT2D eigenvalue weighted by Crippen LogP contribution is -1.98. The van der Waals surface area contributed by atoms with Crippen LogP contribution in [-0.4, -0.2) is 4.57 Å². The molecule has 38 heavy (non-hydrogen) atoms. The van der Waals surface area contributed by atoms with Gasteiger partial charge in [-0.25, -0.2) is 4.39 Å². The molecule has 0 aliphatic rings. The topological polar surface area (TPSA) is 14.2 Å². The number of hydrogen-bond acceptors (Lipinski definition) is 1. The van der Waals surface area contributed by atoms with E-state index in [-0.39, 0.29) is 5.82 Å². The van der Waals surface area contributed by atoms with Crippen molar-refractivity contribution in [3.05, 3.63) is 138 Å². The highest BCUT2D eigenvalue weighted by atomic mass is 19.1. The van der Waals surface area contributed by atoms with E-state index in [4.69, 9.17) is 4.74 Å². The smallest absolute Gasteiger partial charge is 0.137 e. The molecule has 0 saturated heterocycles. The van der Waals surface area contributed by atoms with E-state index in [1.165, 1.54) is 28.8 Å². The summed E-state index contributed by atoms with van der Waals surface area (Å²) >= 11 is 0. The molecule has 1 unspecified atom stereocenters. The van der Waals surface area contributed by atoms with Crippen LogP contribution in [0.4, 0.5) is 4.39 Å². The molecule has 1 atom stereocenters. The molecule has 0 amide bonds. The van der Waals surface area contributed by atoms with Gasteiger partial charge in [-0.3, -0.25) is 0 Å². The fourth-order valence-electron chi connectivity index (χ4n) is 5.37. The summed E-state index contributed by atoms with van der Waals surface area (Å²) in [4.78, 5) is 0. The van der Waals surface area contributed by atoms with Crippen molar-refractivity contribution in [2.75, 3.05) is 0 Å². The van der Waals surface area contributed by atoms with Gasteiger partial charge in [0.1, 0.15) is 17.3 Å². The fraction of sp³-hybridized carbons (Fsp3) is 0.143. The third kappa shape index (κ3) is 4.45. The first kappa shape index (κ1) is 24.0. The highest BCUT2D eigenvalue weighted by molar-refractivity contribution is 6.12. The lowest BCUT2D eigenvalue weighted by molar-refractivity contribution is 0.486. The van der Waals surface area contributed by atoms with Gasteiger partial charge in [0.2, 0.25) is 0 Å². The van der Waals surface area contributed by atoms with Crippen LogP contribution >= 0.6 is 0 Å². The first-order valence-electron chi connectivity index (χ1n) is 13.3. The van der Waals surface area contributed by atoms with E-state index in [0.717, 1.165) is 46.1 Å². The standard InChI is InChI=1S/C35H30FNO/c1-3-8-25-13-22-32-31(23-25)35-33(11-7-12-34(35)38-30-20-16-28(36)17-21-30)37(32)29-18-14-27(15-19-29)24(2)26-9-5-4-6-10-26/h4-7,9-24H,3,8H2,1-2H3. The summed E-state index contributed by atoms with van der Waals surface area (Å²) in [6, 6.07) is 38.6. The molecule has 0 aliphatic carbocycles. The molecule has 188 valence electrons. The molecule has 1 aromatic heterocycles. The molecule has 3 heteroatoms. The highest BCUT2D eigenvalue weighted by Crippen LogP contribution is 2.40. The molecule has 6 rings (SSSR count). The van der Waals surface area contributed by atoms with Crippen molar-refractivity contribution < 1.29 is 9.13 Å². The predicted molar refractivity (Wildman–Crippen MR) is 155 cm³/mol. The van der Waals surface area contributed by atoms with Gasteiger partial charge in [0, 0.05) is 17.0 Å². The minimum atomic E-state index is -0.276. The Morgan fingerprint density at radius 3 is 2.21 bits per heavy atom. The molecule has 0 saturated carbocycles. The average molecular weight is 500 g/mol. The molecule has 2 nitrogen and oxygen atoms in total. The Morgan fingerprint density at radius 1 is 0.737 bits per heavy atom. The fourth-order valence-corrected chi connectivity index (χ4v) is 5.37. The lowest BCUT2D eigenvalue weighted by Gasteiger charge is -2.14. The number of aromatic nitrogens is 1. The van der Waals surface area contributed by atoms with Crippen molar-refractivity contribution in [3.8, 4) is 17.2 Å². The second-order valence-electron chi connectivity index (χ2n) is 9.87. The zero-order valence-electron chi connectivity index (χ0n) is 21.7. The SMILES string of the molecule is CCCc1ccc2c(c1)c1c(Oc3ccc(F)cc3)cccc1n2-c1ccc(C(C)c2ccccc2)cc1. The van der Waals surface area contributed by atoms with Gasteiger partial charge in [-0.2, -0.15) is 0 Å². The number of ether oxygens (including phenoxy) is 1. The number of rotatable bonds is 7. The highest BCUT2D eigenvalue weighted by Gasteiger charge is 2.17. The number of nitrogens with zero attached hydrogens (tertiary/aromatic N) is 1. The van der Waals surface area contributed by atoms with Gasteiger partial charge < -0.3 is 9.30 Å². The summed E-state index contributed by atoms with van der Waals surface area (Å²) in [6.45, 7) is 4.45. The Bertz CT molecular complexity index is 1700. The van der Waals surface area contributed by atoms with Crippen LogP contribution in [0.2, 0.25) is 0 Å². The van der Waals surface area contributed by atoms with E-state index in [2.05, 4.69) is 97.3 Å². The van der Waals surface area contributed by atoms with Gasteiger partial charge in [-0.15, -0.1) is 0 Å². The summed E-state index contributed by atoms with van der Waals surface area (Å²) in [5.41, 5.74) is 7.23. The zero-order valence-corrected chi connectivity index (χ0v) is 21.7. The van der Waals surface area contributed by atoms with Gasteiger partial charge in [0.25, 0.3) is 0 Å². The Kier molecular flexibility index (Phi) is 6.43. The number of hydrogen-bond donors (Lipinski definition) is 0. The van der Waals surface area contributed by atoms with Gasteiger partial charge in [0.15, 0.2) is 0 Å². The van der Waals surface area contributed by atoms with Crippen molar-refractivity contribution in [1.82, 2.24) is 4.57 Å². The van der Waals surface area contributed by atoms with Crippen LogP contribution in [0, 0.1) is 5.82 Å². The number of halogens is 1. The molecule has 0 fully saturated rings. The Labute approximate surface area is 222 Å². The van der Waals surface area contributed by atoms with Gasteiger partial charge in [0.05, 0.1) is 16.4 Å². The van der Waals surface area contributed by atoms with E-state index in [1.54, 1.807) is 12.1 Å². The minimum absolute atomic E-state index is 0.276.